The van der Waals surface area contributed by atoms with Gasteiger partial charge in [-0.05, 0) is 38.0 Å². The maximum absolute atomic E-state index is 13.0. The van der Waals surface area contributed by atoms with Gasteiger partial charge in [-0.25, -0.2) is 0 Å². The van der Waals surface area contributed by atoms with Gasteiger partial charge in [-0.2, -0.15) is 8.42 Å². The second-order valence-electron chi connectivity index (χ2n) is 9.36. The molecule has 218 valence electrons. The number of aliphatic carboxylic acids is 1. The van der Waals surface area contributed by atoms with Crippen LogP contribution in [0.1, 0.15) is 26.2 Å². The summed E-state index contributed by atoms with van der Waals surface area (Å²) in [5.74, 6) is -1.37. The Hall–Kier alpha value is -1.94. The zero-order chi connectivity index (χ0) is 29.3. The first-order valence-corrected chi connectivity index (χ1v) is 15.8. The molecule has 2 heterocycles. The number of thioether (sulfide) groups is 1. The molecule has 1 atom stereocenters. The minimum absolute atomic E-state index is 0. The first kappa shape index (κ1) is 35.3. The summed E-state index contributed by atoms with van der Waals surface area (Å²) in [6, 6.07) is 8.06. The number of carboxylic acid groups (broad SMARTS) is 1. The zero-order valence-corrected chi connectivity index (χ0v) is 27.6. The van der Waals surface area contributed by atoms with Crippen LogP contribution in [0.25, 0.3) is 0 Å². The minimum atomic E-state index is -3.96. The van der Waals surface area contributed by atoms with Crippen molar-refractivity contribution in [3.05, 3.63) is 53.1 Å². The zero-order valence-electron chi connectivity index (χ0n) is 23.2. The number of carboxylic acids is 1. The van der Waals surface area contributed by atoms with Crippen LogP contribution in [-0.4, -0.2) is 95.8 Å². The third-order valence-electron chi connectivity index (χ3n) is 6.47. The number of anilines is 1. The molecule has 2 aliphatic rings. The molecule has 0 radical (unpaired) electrons. The molecule has 11 nitrogen and oxygen atoms in total. The second kappa shape index (κ2) is 16.6. The topological polar surface area (TPSA) is 150 Å². The van der Waals surface area contributed by atoms with Gasteiger partial charge in [0, 0.05) is 49.6 Å². The standard InChI is InChI=1S/C26H34N4O7S3.Na/c1-19(26(33)34)29(21-7-3-2-4-8-21)13-11-27-22(31)18-30-23(38)17-20(25(30)32)9-10-24-28(14-15-39-24)12-5-6-16-40(35,36)37;/h2-4,7-10,19H,5-6,11-18H2,1H3,(H,27,31)(H,33,34)(H,35,36,37);/q;+1/p-1/b20-9+,24-10-;. The van der Waals surface area contributed by atoms with Gasteiger partial charge in [0.15, 0.2) is 0 Å². The summed E-state index contributed by atoms with van der Waals surface area (Å²) in [6.07, 6.45) is 4.77. The molecule has 1 aromatic carbocycles. The number of amides is 2. The van der Waals surface area contributed by atoms with E-state index >= 15 is 0 Å². The largest absolute Gasteiger partial charge is 1.00 e. The Morgan fingerprint density at radius 3 is 2.61 bits per heavy atom. The van der Waals surface area contributed by atoms with Crippen molar-refractivity contribution in [1.29, 1.82) is 0 Å². The average molecular weight is 633 g/mol. The number of para-hydroxylation sites is 1. The van der Waals surface area contributed by atoms with Crippen LogP contribution in [0.4, 0.5) is 5.69 Å². The maximum atomic E-state index is 13.0. The summed E-state index contributed by atoms with van der Waals surface area (Å²) in [5, 5.41) is 15.1. The van der Waals surface area contributed by atoms with E-state index in [2.05, 4.69) is 10.2 Å². The van der Waals surface area contributed by atoms with Gasteiger partial charge in [-0.3, -0.25) is 19.0 Å². The van der Waals surface area contributed by atoms with Gasteiger partial charge in [0.1, 0.15) is 6.54 Å². The van der Waals surface area contributed by atoms with E-state index in [0.29, 0.717) is 35.6 Å². The number of allylic oxidation sites excluding steroid dienone is 2. The van der Waals surface area contributed by atoms with Crippen molar-refractivity contribution in [2.45, 2.75) is 32.2 Å². The first-order chi connectivity index (χ1) is 19.0. The van der Waals surface area contributed by atoms with Gasteiger partial charge in [0.05, 0.1) is 27.8 Å². The molecule has 1 aromatic rings. The SMILES string of the molecule is CC(C(=O)[O-])N(CCNC(=O)CN1C(=O)/C(=C/C=C2\SCCN2CCCCS(=O)(=O)O)CC1=S)c1ccccc1.[Na+]. The molecule has 15 heteroatoms. The summed E-state index contributed by atoms with van der Waals surface area (Å²) >= 11 is 7.00. The van der Waals surface area contributed by atoms with Crippen LogP contribution in [0.15, 0.2) is 53.1 Å². The van der Waals surface area contributed by atoms with Crippen LogP contribution in [0.3, 0.4) is 0 Å². The van der Waals surface area contributed by atoms with E-state index in [-0.39, 0.29) is 67.3 Å². The van der Waals surface area contributed by atoms with E-state index < -0.39 is 28.0 Å². The number of hydrogen-bond donors (Lipinski definition) is 2. The molecule has 3 rings (SSSR count). The van der Waals surface area contributed by atoms with Crippen LogP contribution in [0.5, 0.6) is 0 Å². The van der Waals surface area contributed by atoms with Gasteiger partial charge in [0.2, 0.25) is 5.91 Å². The Morgan fingerprint density at radius 1 is 1.24 bits per heavy atom. The number of nitrogens with one attached hydrogen (secondary N) is 1. The van der Waals surface area contributed by atoms with Crippen LogP contribution in [0, 0.1) is 0 Å². The Kier molecular flexibility index (Phi) is 14.3. The number of carbonyl (C=O) groups is 3. The normalized spacial score (nSPS) is 18.1. The van der Waals surface area contributed by atoms with E-state index in [4.69, 9.17) is 16.8 Å². The molecule has 2 saturated heterocycles. The van der Waals surface area contributed by atoms with Crippen LogP contribution in [0.2, 0.25) is 0 Å². The number of hydrogen-bond acceptors (Lipinski definition) is 10. The van der Waals surface area contributed by atoms with Crippen molar-refractivity contribution in [2.75, 3.05) is 49.1 Å². The van der Waals surface area contributed by atoms with Crippen molar-refractivity contribution in [3.63, 3.8) is 0 Å². The second-order valence-corrected chi connectivity index (χ2v) is 12.5. The van der Waals surface area contributed by atoms with E-state index in [1.807, 2.05) is 12.1 Å². The molecule has 0 spiro atoms. The average Bonchev–Trinajstić information content (AvgIpc) is 3.46. The third kappa shape index (κ3) is 11.0. The molecular formula is C26H33N4NaO7S3. The van der Waals surface area contributed by atoms with Crippen molar-refractivity contribution in [3.8, 4) is 0 Å². The Labute approximate surface area is 272 Å². The fourth-order valence-corrected chi connectivity index (χ4v) is 6.24. The molecular weight excluding hydrogens is 599 g/mol. The predicted octanol–water partition coefficient (Wildman–Crippen LogP) is -2.20. The van der Waals surface area contributed by atoms with Gasteiger partial charge in [-0.1, -0.05) is 36.5 Å². The smallest absolute Gasteiger partial charge is 0.548 e. The summed E-state index contributed by atoms with van der Waals surface area (Å²) in [7, 11) is -3.96. The molecule has 1 unspecified atom stereocenters. The monoisotopic (exact) mass is 632 g/mol. The summed E-state index contributed by atoms with van der Waals surface area (Å²) in [5.41, 5.74) is 1.16. The number of benzene rings is 1. The van der Waals surface area contributed by atoms with E-state index in [9.17, 15) is 27.9 Å². The van der Waals surface area contributed by atoms with Gasteiger partial charge in [0.25, 0.3) is 16.0 Å². The number of likely N-dealkylation sites (tertiary alicyclic amines) is 1. The molecule has 2 N–H and O–H groups in total. The predicted molar refractivity (Wildman–Crippen MR) is 156 cm³/mol. The Balaban J connectivity index is 0.00000588. The molecule has 2 fully saturated rings. The molecule has 2 aliphatic heterocycles. The molecule has 0 aromatic heterocycles. The number of unbranched alkanes of at least 4 members (excludes halogenated alkanes) is 1. The summed E-state index contributed by atoms with van der Waals surface area (Å²) < 4.78 is 30.7. The van der Waals surface area contributed by atoms with Gasteiger partial charge >= 0.3 is 29.6 Å². The molecule has 0 aliphatic carbocycles. The van der Waals surface area contributed by atoms with Crippen molar-refractivity contribution in [1.82, 2.24) is 15.1 Å². The van der Waals surface area contributed by atoms with Gasteiger partial charge in [-0.15, -0.1) is 11.8 Å². The summed E-state index contributed by atoms with van der Waals surface area (Å²) in [6.45, 7) is 3.11. The Bertz CT molecular complexity index is 1270. The van der Waals surface area contributed by atoms with Crippen molar-refractivity contribution >= 4 is 62.6 Å². The quantitative estimate of drug-likeness (QED) is 0.0756. The fraction of sp³-hybridized carbons (Fsp3) is 0.462. The summed E-state index contributed by atoms with van der Waals surface area (Å²) in [4.78, 5) is 42.4. The van der Waals surface area contributed by atoms with Crippen LogP contribution < -0.4 is 44.9 Å². The molecule has 2 amide bonds. The number of rotatable bonds is 14. The third-order valence-corrected chi connectivity index (χ3v) is 8.71. The number of carbonyl (C=O) groups excluding carboxylic acids is 3. The molecule has 41 heavy (non-hydrogen) atoms. The molecule has 0 saturated carbocycles. The minimum Gasteiger partial charge on any atom is -0.548 e. The maximum Gasteiger partial charge on any atom is 1.00 e. The Morgan fingerprint density at radius 2 is 1.95 bits per heavy atom. The van der Waals surface area contributed by atoms with E-state index in [1.54, 1.807) is 47.0 Å². The van der Waals surface area contributed by atoms with Crippen LogP contribution in [-0.2, 0) is 24.5 Å². The van der Waals surface area contributed by atoms with Gasteiger partial charge < -0.3 is 25.0 Å². The fourth-order valence-electron chi connectivity index (χ4n) is 4.32. The first-order valence-electron chi connectivity index (χ1n) is 12.8. The van der Waals surface area contributed by atoms with Crippen molar-refractivity contribution in [2.24, 2.45) is 0 Å². The van der Waals surface area contributed by atoms with Crippen molar-refractivity contribution < 1.29 is 62.0 Å². The van der Waals surface area contributed by atoms with E-state index in [1.165, 1.54) is 11.8 Å². The molecule has 0 bridgehead atoms. The number of thiocarbonyl (C=S) groups is 1. The van der Waals surface area contributed by atoms with Crippen LogP contribution >= 0.6 is 24.0 Å². The number of nitrogens with zero attached hydrogens (tertiary/aromatic N) is 3. The van der Waals surface area contributed by atoms with E-state index in [0.717, 1.165) is 17.3 Å².